The number of piperidine rings is 1. The summed E-state index contributed by atoms with van der Waals surface area (Å²) in [6.45, 7) is 10.0. The van der Waals surface area contributed by atoms with Crippen LogP contribution in [0.2, 0.25) is 0 Å². The van der Waals surface area contributed by atoms with Crippen LogP contribution in [0.25, 0.3) is 0 Å². The summed E-state index contributed by atoms with van der Waals surface area (Å²) < 4.78 is 0. The van der Waals surface area contributed by atoms with Gasteiger partial charge in [-0.1, -0.05) is 27.2 Å². The van der Waals surface area contributed by atoms with Gasteiger partial charge in [-0.05, 0) is 45.6 Å². The van der Waals surface area contributed by atoms with Crippen molar-refractivity contribution in [3.63, 3.8) is 0 Å². The molecule has 2 rings (SSSR count). The van der Waals surface area contributed by atoms with Crippen LogP contribution in [0.1, 0.15) is 59.8 Å². The number of hydrogen-bond donors (Lipinski definition) is 1. The highest BCUT2D eigenvalue weighted by molar-refractivity contribution is 5.84. The van der Waals surface area contributed by atoms with Crippen LogP contribution < -0.4 is 5.32 Å². The fourth-order valence-corrected chi connectivity index (χ4v) is 3.79. The zero-order valence-corrected chi connectivity index (χ0v) is 14.4. The molecule has 1 amide bonds. The molecule has 0 aromatic heterocycles. The van der Waals surface area contributed by atoms with Crippen molar-refractivity contribution >= 4 is 5.91 Å². The zero-order chi connectivity index (χ0) is 15.6. The largest absolute Gasteiger partial charge is 0.323 e. The van der Waals surface area contributed by atoms with Gasteiger partial charge in [0.1, 0.15) is 0 Å². The maximum Gasteiger partial charge on any atom is 0.241 e. The number of carbonyl (C=O) groups excluding carboxylic acids is 1. The quantitative estimate of drug-likeness (QED) is 0.846. The first-order valence-electron chi connectivity index (χ1n) is 8.72. The summed E-state index contributed by atoms with van der Waals surface area (Å²) in [5.41, 5.74) is 0. The van der Waals surface area contributed by atoms with Crippen molar-refractivity contribution in [3.05, 3.63) is 0 Å². The van der Waals surface area contributed by atoms with E-state index in [0.29, 0.717) is 23.9 Å². The van der Waals surface area contributed by atoms with Gasteiger partial charge in [0.15, 0.2) is 0 Å². The molecule has 4 unspecified atom stereocenters. The van der Waals surface area contributed by atoms with Gasteiger partial charge in [0.2, 0.25) is 5.91 Å². The molecule has 0 aromatic rings. The molecule has 122 valence electrons. The molecule has 0 aliphatic carbocycles. The summed E-state index contributed by atoms with van der Waals surface area (Å²) in [6.07, 6.45) is 5.56. The zero-order valence-electron chi connectivity index (χ0n) is 14.4. The number of nitrogens with one attached hydrogen (secondary N) is 1. The minimum atomic E-state index is 0.0497. The van der Waals surface area contributed by atoms with Crippen molar-refractivity contribution in [2.24, 2.45) is 5.92 Å². The highest BCUT2D eigenvalue weighted by atomic mass is 16.2. The van der Waals surface area contributed by atoms with Gasteiger partial charge in [-0.25, -0.2) is 0 Å². The average molecular weight is 295 g/mol. The van der Waals surface area contributed by atoms with E-state index in [1.807, 2.05) is 0 Å². The third-order valence-corrected chi connectivity index (χ3v) is 5.13. The van der Waals surface area contributed by atoms with Gasteiger partial charge in [-0.2, -0.15) is 0 Å². The van der Waals surface area contributed by atoms with Crippen molar-refractivity contribution in [1.82, 2.24) is 15.1 Å². The number of nitrogens with zero attached hydrogens (tertiary/aromatic N) is 2. The number of rotatable bonds is 5. The van der Waals surface area contributed by atoms with Crippen LogP contribution in [0.3, 0.4) is 0 Å². The molecule has 2 heterocycles. The van der Waals surface area contributed by atoms with Crippen molar-refractivity contribution in [2.75, 3.05) is 13.6 Å². The Morgan fingerprint density at radius 1 is 1.38 bits per heavy atom. The van der Waals surface area contributed by atoms with Gasteiger partial charge in [0.25, 0.3) is 0 Å². The smallest absolute Gasteiger partial charge is 0.241 e. The van der Waals surface area contributed by atoms with E-state index in [2.05, 4.69) is 49.9 Å². The molecule has 2 fully saturated rings. The second kappa shape index (κ2) is 7.10. The van der Waals surface area contributed by atoms with Gasteiger partial charge in [-0.3, -0.25) is 10.1 Å². The predicted octanol–water partition coefficient (Wildman–Crippen LogP) is 2.44. The van der Waals surface area contributed by atoms with Crippen LogP contribution >= 0.6 is 0 Å². The molecule has 0 bridgehead atoms. The second-order valence-corrected chi connectivity index (χ2v) is 7.41. The molecule has 1 N–H and O–H groups in total. The number of likely N-dealkylation sites (tertiary alicyclic amines) is 1. The molecule has 4 heteroatoms. The van der Waals surface area contributed by atoms with Crippen molar-refractivity contribution in [3.8, 4) is 0 Å². The van der Waals surface area contributed by atoms with E-state index in [9.17, 15) is 4.79 Å². The highest BCUT2D eigenvalue weighted by Crippen LogP contribution is 2.28. The summed E-state index contributed by atoms with van der Waals surface area (Å²) >= 11 is 0. The van der Waals surface area contributed by atoms with Crippen LogP contribution in [-0.2, 0) is 4.79 Å². The van der Waals surface area contributed by atoms with E-state index in [4.69, 9.17) is 0 Å². The summed E-state index contributed by atoms with van der Waals surface area (Å²) in [6, 6.07) is 1.04. The Kier molecular flexibility index (Phi) is 5.67. The lowest BCUT2D eigenvalue weighted by Gasteiger charge is -2.41. The lowest BCUT2D eigenvalue weighted by Crippen LogP contribution is -2.52. The normalized spacial score (nSPS) is 35.0. The van der Waals surface area contributed by atoms with Crippen LogP contribution in [0.15, 0.2) is 0 Å². The van der Waals surface area contributed by atoms with E-state index in [1.54, 1.807) is 0 Å². The first-order valence-corrected chi connectivity index (χ1v) is 8.72. The van der Waals surface area contributed by atoms with E-state index in [1.165, 1.54) is 0 Å². The van der Waals surface area contributed by atoms with Gasteiger partial charge in [0.05, 0.1) is 12.2 Å². The number of hydrogen-bond acceptors (Lipinski definition) is 3. The van der Waals surface area contributed by atoms with E-state index < -0.39 is 0 Å². The third-order valence-electron chi connectivity index (χ3n) is 5.13. The molecule has 21 heavy (non-hydrogen) atoms. The van der Waals surface area contributed by atoms with Crippen molar-refractivity contribution in [1.29, 1.82) is 0 Å². The Labute approximate surface area is 130 Å². The molecule has 2 aliphatic rings. The summed E-state index contributed by atoms with van der Waals surface area (Å²) in [7, 11) is 2.19. The lowest BCUT2D eigenvalue weighted by atomic mass is 9.96. The number of amides is 1. The standard InChI is InChI=1S/C17H33N3O/c1-6-7-15-17(21)20(16(18-15)10-12(2)3)14-8-9-19(5)13(4)11-14/h12-16,18H,6-11H2,1-5H3. The summed E-state index contributed by atoms with van der Waals surface area (Å²) in [5.74, 6) is 0.964. The molecule has 4 nitrogen and oxygen atoms in total. The second-order valence-electron chi connectivity index (χ2n) is 7.41. The Hall–Kier alpha value is -0.610. The Morgan fingerprint density at radius 2 is 2.10 bits per heavy atom. The summed E-state index contributed by atoms with van der Waals surface area (Å²) in [4.78, 5) is 17.4. The first kappa shape index (κ1) is 16.8. The van der Waals surface area contributed by atoms with Gasteiger partial charge in [0, 0.05) is 18.6 Å². The molecule has 0 aromatic carbocycles. The predicted molar refractivity (Wildman–Crippen MR) is 87.0 cm³/mol. The van der Waals surface area contributed by atoms with E-state index in [-0.39, 0.29) is 12.2 Å². The van der Waals surface area contributed by atoms with Crippen molar-refractivity contribution in [2.45, 2.75) is 84.1 Å². The monoisotopic (exact) mass is 295 g/mol. The van der Waals surface area contributed by atoms with E-state index in [0.717, 1.165) is 38.6 Å². The fraction of sp³-hybridized carbons (Fsp3) is 0.941. The molecular formula is C17H33N3O. The molecule has 0 saturated carbocycles. The minimum absolute atomic E-state index is 0.0497. The molecule has 0 radical (unpaired) electrons. The van der Waals surface area contributed by atoms with E-state index >= 15 is 0 Å². The van der Waals surface area contributed by atoms with Crippen LogP contribution in [0.4, 0.5) is 0 Å². The first-order chi connectivity index (χ1) is 9.93. The van der Waals surface area contributed by atoms with Gasteiger partial charge in [-0.15, -0.1) is 0 Å². The molecule has 2 aliphatic heterocycles. The van der Waals surface area contributed by atoms with Gasteiger partial charge < -0.3 is 9.80 Å². The maximum absolute atomic E-state index is 12.8. The molecule has 4 atom stereocenters. The Balaban J connectivity index is 2.10. The van der Waals surface area contributed by atoms with Gasteiger partial charge >= 0.3 is 0 Å². The maximum atomic E-state index is 12.8. The lowest BCUT2D eigenvalue weighted by molar-refractivity contribution is -0.133. The Bertz CT molecular complexity index is 356. The topological polar surface area (TPSA) is 35.6 Å². The molecule has 0 spiro atoms. The Morgan fingerprint density at radius 3 is 2.67 bits per heavy atom. The van der Waals surface area contributed by atoms with Crippen LogP contribution in [0, 0.1) is 5.92 Å². The third kappa shape index (κ3) is 3.78. The molecular weight excluding hydrogens is 262 g/mol. The van der Waals surface area contributed by atoms with Crippen LogP contribution in [0.5, 0.6) is 0 Å². The minimum Gasteiger partial charge on any atom is -0.323 e. The highest BCUT2D eigenvalue weighted by Gasteiger charge is 2.43. The molecule has 2 saturated heterocycles. The fourth-order valence-electron chi connectivity index (χ4n) is 3.79. The van der Waals surface area contributed by atoms with Crippen LogP contribution in [-0.4, -0.2) is 53.6 Å². The summed E-state index contributed by atoms with van der Waals surface area (Å²) in [5, 5.41) is 3.61. The van der Waals surface area contributed by atoms with Crippen molar-refractivity contribution < 1.29 is 4.79 Å². The SMILES string of the molecule is CCCC1NC(CC(C)C)N(C2CCN(C)C(C)C2)C1=O. The average Bonchev–Trinajstić information content (AvgIpc) is 2.69. The number of carbonyl (C=O) groups is 1.